The number of nitrogens with zero attached hydrogens (tertiary/aromatic N) is 1. The number of likely N-dealkylation sites (N-methyl/N-ethyl adjacent to an activating group) is 1. The number of halogens is 1. The van der Waals surface area contributed by atoms with Gasteiger partial charge in [-0.3, -0.25) is 4.79 Å². The van der Waals surface area contributed by atoms with Crippen LogP contribution in [0.2, 0.25) is 0 Å². The molecule has 2 rings (SSSR count). The fourth-order valence-corrected chi connectivity index (χ4v) is 1.93. The molecule has 0 spiro atoms. The average Bonchev–Trinajstić information content (AvgIpc) is 2.49. The number of nitrogens with one attached hydrogen (secondary N) is 1. The zero-order valence-corrected chi connectivity index (χ0v) is 11.5. The van der Waals surface area contributed by atoms with Gasteiger partial charge in [0.05, 0.1) is 13.2 Å². The summed E-state index contributed by atoms with van der Waals surface area (Å²) in [6, 6.07) is 6.21. The Kier molecular flexibility index (Phi) is 5.31. The highest BCUT2D eigenvalue weighted by Crippen LogP contribution is 2.15. The monoisotopic (exact) mass is 282 g/mol. The van der Waals surface area contributed by atoms with Gasteiger partial charge in [0.1, 0.15) is 12.7 Å². The average molecular weight is 282 g/mol. The predicted molar refractivity (Wildman–Crippen MR) is 72.1 cm³/mol. The second-order valence-corrected chi connectivity index (χ2v) is 4.60. The largest absolute Gasteiger partial charge is 0.489 e. The van der Waals surface area contributed by atoms with Gasteiger partial charge in [0.15, 0.2) is 11.6 Å². The summed E-state index contributed by atoms with van der Waals surface area (Å²) in [6.07, 6.45) is -0.442. The second kappa shape index (κ2) is 7.21. The Morgan fingerprint density at radius 3 is 3.05 bits per heavy atom. The summed E-state index contributed by atoms with van der Waals surface area (Å²) >= 11 is 0. The zero-order valence-electron chi connectivity index (χ0n) is 11.5. The molecule has 6 heteroatoms. The minimum atomic E-state index is -0.442. The number of para-hydroxylation sites is 1. The maximum Gasteiger partial charge on any atom is 0.252 e. The molecule has 5 nitrogen and oxygen atoms in total. The number of carbonyl (C=O) groups is 1. The molecule has 1 unspecified atom stereocenters. The van der Waals surface area contributed by atoms with Gasteiger partial charge >= 0.3 is 0 Å². The maximum absolute atomic E-state index is 13.3. The van der Waals surface area contributed by atoms with Gasteiger partial charge in [-0.1, -0.05) is 12.1 Å². The van der Waals surface area contributed by atoms with E-state index in [9.17, 15) is 9.18 Å². The Bertz CT molecular complexity index is 450. The SMILES string of the molecule is CN(CCOc1ccccc1F)C(=O)C1CNCCO1. The van der Waals surface area contributed by atoms with Crippen LogP contribution in [0.15, 0.2) is 24.3 Å². The second-order valence-electron chi connectivity index (χ2n) is 4.60. The molecule has 1 aliphatic heterocycles. The summed E-state index contributed by atoms with van der Waals surface area (Å²) in [6.45, 7) is 2.45. The Balaban J connectivity index is 1.75. The summed E-state index contributed by atoms with van der Waals surface area (Å²) < 4.78 is 24.0. The van der Waals surface area contributed by atoms with Crippen molar-refractivity contribution in [1.82, 2.24) is 10.2 Å². The molecular formula is C14H19FN2O3. The van der Waals surface area contributed by atoms with Crippen molar-refractivity contribution in [2.45, 2.75) is 6.10 Å². The first-order valence-corrected chi connectivity index (χ1v) is 6.63. The highest BCUT2D eigenvalue weighted by Gasteiger charge is 2.24. The number of hydrogen-bond donors (Lipinski definition) is 1. The number of ether oxygens (including phenoxy) is 2. The normalized spacial score (nSPS) is 18.6. The molecule has 1 aromatic carbocycles. The van der Waals surface area contributed by atoms with Crippen LogP contribution in [0.25, 0.3) is 0 Å². The lowest BCUT2D eigenvalue weighted by Crippen LogP contribution is -2.49. The Hall–Kier alpha value is -1.66. The van der Waals surface area contributed by atoms with Crippen LogP contribution in [0.4, 0.5) is 4.39 Å². The standard InChI is InChI=1S/C14H19FN2O3/c1-17(14(18)13-10-16-6-8-19-13)7-9-20-12-5-3-2-4-11(12)15/h2-5,13,16H,6-10H2,1H3. The first-order valence-electron chi connectivity index (χ1n) is 6.63. The minimum absolute atomic E-state index is 0.0886. The topological polar surface area (TPSA) is 50.8 Å². The third-order valence-electron chi connectivity index (χ3n) is 3.10. The first kappa shape index (κ1) is 14.7. The molecule has 0 aliphatic carbocycles. The van der Waals surface area contributed by atoms with E-state index in [1.54, 1.807) is 30.1 Å². The van der Waals surface area contributed by atoms with Gasteiger partial charge in [-0.05, 0) is 12.1 Å². The molecule has 0 saturated carbocycles. The molecule has 1 atom stereocenters. The van der Waals surface area contributed by atoms with Crippen LogP contribution in [-0.4, -0.2) is 56.8 Å². The van der Waals surface area contributed by atoms with Crippen LogP contribution in [0, 0.1) is 5.82 Å². The van der Waals surface area contributed by atoms with Gasteiger partial charge in [0.2, 0.25) is 0 Å². The Labute approximate surface area is 117 Å². The van der Waals surface area contributed by atoms with Crippen LogP contribution in [-0.2, 0) is 9.53 Å². The van der Waals surface area contributed by atoms with Crippen molar-refractivity contribution in [3.63, 3.8) is 0 Å². The Morgan fingerprint density at radius 1 is 1.55 bits per heavy atom. The highest BCUT2D eigenvalue weighted by atomic mass is 19.1. The van der Waals surface area contributed by atoms with E-state index in [1.165, 1.54) is 6.07 Å². The van der Waals surface area contributed by atoms with Crippen molar-refractivity contribution in [1.29, 1.82) is 0 Å². The molecule has 1 aliphatic rings. The summed E-state index contributed by atoms with van der Waals surface area (Å²) in [5, 5.41) is 3.11. The van der Waals surface area contributed by atoms with E-state index in [0.29, 0.717) is 19.7 Å². The number of morpholine rings is 1. The van der Waals surface area contributed by atoms with E-state index in [4.69, 9.17) is 9.47 Å². The lowest BCUT2D eigenvalue weighted by molar-refractivity contribution is -0.144. The van der Waals surface area contributed by atoms with E-state index in [-0.39, 0.29) is 18.3 Å². The lowest BCUT2D eigenvalue weighted by atomic mass is 10.2. The highest BCUT2D eigenvalue weighted by molar-refractivity contribution is 5.81. The van der Waals surface area contributed by atoms with Crippen molar-refractivity contribution in [2.75, 3.05) is 39.9 Å². The van der Waals surface area contributed by atoms with Gasteiger partial charge in [-0.15, -0.1) is 0 Å². The van der Waals surface area contributed by atoms with Crippen molar-refractivity contribution in [2.24, 2.45) is 0 Å². The molecular weight excluding hydrogens is 263 g/mol. The van der Waals surface area contributed by atoms with Gasteiger partial charge in [0, 0.05) is 20.1 Å². The van der Waals surface area contributed by atoms with Crippen LogP contribution >= 0.6 is 0 Å². The van der Waals surface area contributed by atoms with Gasteiger partial charge < -0.3 is 19.7 Å². The van der Waals surface area contributed by atoms with Crippen molar-refractivity contribution in [3.8, 4) is 5.75 Å². The molecule has 0 radical (unpaired) electrons. The van der Waals surface area contributed by atoms with Crippen LogP contribution in [0.1, 0.15) is 0 Å². The number of hydrogen-bond acceptors (Lipinski definition) is 4. The minimum Gasteiger partial charge on any atom is -0.489 e. The predicted octanol–water partition coefficient (Wildman–Crippen LogP) is 0.651. The number of rotatable bonds is 5. The van der Waals surface area contributed by atoms with E-state index in [0.717, 1.165) is 6.54 Å². The zero-order chi connectivity index (χ0) is 14.4. The lowest BCUT2D eigenvalue weighted by Gasteiger charge is -2.27. The van der Waals surface area contributed by atoms with E-state index in [2.05, 4.69) is 5.32 Å². The number of carbonyl (C=O) groups excluding carboxylic acids is 1. The quantitative estimate of drug-likeness (QED) is 0.861. The van der Waals surface area contributed by atoms with Gasteiger partial charge in [-0.2, -0.15) is 0 Å². The third-order valence-corrected chi connectivity index (χ3v) is 3.10. The van der Waals surface area contributed by atoms with Crippen molar-refractivity contribution >= 4 is 5.91 Å². The smallest absolute Gasteiger partial charge is 0.252 e. The van der Waals surface area contributed by atoms with Crippen molar-refractivity contribution in [3.05, 3.63) is 30.1 Å². The summed E-state index contributed by atoms with van der Waals surface area (Å²) in [4.78, 5) is 13.6. The fraction of sp³-hybridized carbons (Fsp3) is 0.500. The number of amides is 1. The molecule has 0 bridgehead atoms. The number of benzene rings is 1. The molecule has 0 aromatic heterocycles. The van der Waals surface area contributed by atoms with E-state index < -0.39 is 11.9 Å². The third kappa shape index (κ3) is 3.91. The van der Waals surface area contributed by atoms with Crippen molar-refractivity contribution < 1.29 is 18.7 Å². The Morgan fingerprint density at radius 2 is 2.35 bits per heavy atom. The molecule has 1 N–H and O–H groups in total. The van der Waals surface area contributed by atoms with Crippen LogP contribution in [0.5, 0.6) is 5.75 Å². The molecule has 1 heterocycles. The van der Waals surface area contributed by atoms with E-state index >= 15 is 0 Å². The van der Waals surface area contributed by atoms with Crippen LogP contribution in [0.3, 0.4) is 0 Å². The molecule has 20 heavy (non-hydrogen) atoms. The fourth-order valence-electron chi connectivity index (χ4n) is 1.93. The molecule has 1 fully saturated rings. The molecule has 1 aromatic rings. The summed E-state index contributed by atoms with van der Waals surface area (Å²) in [5.41, 5.74) is 0. The molecule has 110 valence electrons. The van der Waals surface area contributed by atoms with Crippen LogP contribution < -0.4 is 10.1 Å². The molecule has 1 amide bonds. The summed E-state index contributed by atoms with van der Waals surface area (Å²) in [7, 11) is 1.69. The molecule has 1 saturated heterocycles. The van der Waals surface area contributed by atoms with Gasteiger partial charge in [-0.25, -0.2) is 4.39 Å². The first-order chi connectivity index (χ1) is 9.68. The van der Waals surface area contributed by atoms with Gasteiger partial charge in [0.25, 0.3) is 5.91 Å². The summed E-state index contributed by atoms with van der Waals surface area (Å²) in [5.74, 6) is -0.292. The van der Waals surface area contributed by atoms with E-state index in [1.807, 2.05) is 0 Å². The maximum atomic E-state index is 13.3.